The number of amides is 1. The molecule has 2 aromatic rings. The van der Waals surface area contributed by atoms with Crippen molar-refractivity contribution in [1.29, 1.82) is 0 Å². The van der Waals surface area contributed by atoms with Crippen molar-refractivity contribution in [3.63, 3.8) is 0 Å². The summed E-state index contributed by atoms with van der Waals surface area (Å²) in [5.41, 5.74) is 1.02. The second-order valence-electron chi connectivity index (χ2n) is 4.01. The van der Waals surface area contributed by atoms with Gasteiger partial charge in [-0.05, 0) is 16.0 Å². The number of nitrogens with one attached hydrogen (secondary N) is 1. The third-order valence-corrected chi connectivity index (χ3v) is 2.67. The maximum Gasteiger partial charge on any atom is 0.245 e. The molecule has 2 rings (SSSR count). The topological polar surface area (TPSA) is 92.9 Å². The average molecular weight is 261 g/mol. The van der Waals surface area contributed by atoms with Crippen molar-refractivity contribution in [3.05, 3.63) is 42.2 Å². The van der Waals surface area contributed by atoms with Gasteiger partial charge >= 0.3 is 0 Å². The molecule has 0 radical (unpaired) electrons. The van der Waals surface area contributed by atoms with Gasteiger partial charge in [-0.15, -0.1) is 5.10 Å². The summed E-state index contributed by atoms with van der Waals surface area (Å²) in [4.78, 5) is 12.1. The largest absolute Gasteiger partial charge is 0.395 e. The molecule has 1 aromatic carbocycles. The molecule has 19 heavy (non-hydrogen) atoms. The van der Waals surface area contributed by atoms with Gasteiger partial charge in [-0.3, -0.25) is 4.79 Å². The Balaban J connectivity index is 2.13. The quantitative estimate of drug-likeness (QED) is 0.735. The third kappa shape index (κ3) is 3.59. The fourth-order valence-corrected chi connectivity index (χ4v) is 1.75. The van der Waals surface area contributed by atoms with Crippen LogP contribution in [0.1, 0.15) is 11.6 Å². The Labute approximate surface area is 110 Å². The first kappa shape index (κ1) is 13.2. The summed E-state index contributed by atoms with van der Waals surface area (Å²) in [5, 5.41) is 22.3. The molecule has 1 atom stereocenters. The van der Waals surface area contributed by atoms with Crippen LogP contribution in [-0.2, 0) is 11.2 Å². The molecule has 1 unspecified atom stereocenters. The van der Waals surface area contributed by atoms with E-state index in [-0.39, 0.29) is 19.1 Å². The minimum Gasteiger partial charge on any atom is -0.395 e. The lowest BCUT2D eigenvalue weighted by Crippen LogP contribution is -2.35. The van der Waals surface area contributed by atoms with Crippen LogP contribution in [0.3, 0.4) is 0 Å². The standard InChI is InChI=1S/C12H15N5O2/c18-7-6-13-12(19)11(17-9-14-15-16-17)8-10-4-2-1-3-5-10/h1-5,9,11,18H,6-8H2,(H,13,19). The van der Waals surface area contributed by atoms with E-state index in [1.54, 1.807) is 0 Å². The molecule has 7 heteroatoms. The van der Waals surface area contributed by atoms with Gasteiger partial charge < -0.3 is 10.4 Å². The number of hydrogen-bond donors (Lipinski definition) is 2. The summed E-state index contributed by atoms with van der Waals surface area (Å²) >= 11 is 0. The van der Waals surface area contributed by atoms with Crippen LogP contribution in [0, 0.1) is 0 Å². The normalized spacial score (nSPS) is 12.1. The predicted molar refractivity (Wildman–Crippen MR) is 67.1 cm³/mol. The number of hydrogen-bond acceptors (Lipinski definition) is 5. The van der Waals surface area contributed by atoms with Gasteiger partial charge in [0.1, 0.15) is 12.4 Å². The van der Waals surface area contributed by atoms with Gasteiger partial charge in [-0.2, -0.15) is 0 Å². The number of aliphatic hydroxyl groups is 1. The van der Waals surface area contributed by atoms with E-state index in [4.69, 9.17) is 5.11 Å². The van der Waals surface area contributed by atoms with E-state index in [9.17, 15) is 4.79 Å². The fraction of sp³-hybridized carbons (Fsp3) is 0.333. The van der Waals surface area contributed by atoms with Crippen LogP contribution in [0.4, 0.5) is 0 Å². The molecule has 1 aromatic heterocycles. The van der Waals surface area contributed by atoms with Crippen LogP contribution < -0.4 is 5.32 Å². The number of aliphatic hydroxyl groups excluding tert-OH is 1. The highest BCUT2D eigenvalue weighted by Gasteiger charge is 2.21. The molecule has 0 aliphatic heterocycles. The van der Waals surface area contributed by atoms with Crippen LogP contribution in [-0.4, -0.2) is 44.4 Å². The highest BCUT2D eigenvalue weighted by Crippen LogP contribution is 2.12. The highest BCUT2D eigenvalue weighted by atomic mass is 16.3. The molecule has 0 spiro atoms. The molecule has 0 bridgehead atoms. The minimum atomic E-state index is -0.524. The number of benzene rings is 1. The summed E-state index contributed by atoms with van der Waals surface area (Å²) in [7, 11) is 0. The SMILES string of the molecule is O=C(NCCO)C(Cc1ccccc1)n1cnnn1. The van der Waals surface area contributed by atoms with Crippen LogP contribution in [0.2, 0.25) is 0 Å². The summed E-state index contributed by atoms with van der Waals surface area (Å²) in [5.74, 6) is -0.217. The maximum atomic E-state index is 12.1. The Morgan fingerprint density at radius 2 is 2.16 bits per heavy atom. The first-order valence-corrected chi connectivity index (χ1v) is 5.96. The maximum absolute atomic E-state index is 12.1. The lowest BCUT2D eigenvalue weighted by atomic mass is 10.1. The summed E-state index contributed by atoms with van der Waals surface area (Å²) in [6.07, 6.45) is 1.90. The predicted octanol–water partition coefficient (Wildman–Crippen LogP) is -0.435. The Morgan fingerprint density at radius 3 is 2.79 bits per heavy atom. The highest BCUT2D eigenvalue weighted by molar-refractivity contribution is 5.80. The van der Waals surface area contributed by atoms with E-state index in [0.717, 1.165) is 5.56 Å². The Hall–Kier alpha value is -2.28. The van der Waals surface area contributed by atoms with Gasteiger partial charge in [0, 0.05) is 13.0 Å². The van der Waals surface area contributed by atoms with E-state index in [2.05, 4.69) is 20.8 Å². The lowest BCUT2D eigenvalue weighted by molar-refractivity contribution is -0.124. The lowest BCUT2D eigenvalue weighted by Gasteiger charge is -2.15. The fourth-order valence-electron chi connectivity index (χ4n) is 1.75. The second kappa shape index (κ2) is 6.60. The van der Waals surface area contributed by atoms with Crippen LogP contribution in [0.15, 0.2) is 36.7 Å². The summed E-state index contributed by atoms with van der Waals surface area (Å²) < 4.78 is 1.42. The molecule has 0 aliphatic carbocycles. The molecule has 7 nitrogen and oxygen atoms in total. The number of nitrogens with zero attached hydrogens (tertiary/aromatic N) is 4. The Morgan fingerprint density at radius 1 is 1.37 bits per heavy atom. The van der Waals surface area contributed by atoms with Crippen LogP contribution >= 0.6 is 0 Å². The van der Waals surface area contributed by atoms with Gasteiger partial charge in [-0.25, -0.2) is 4.68 Å². The van der Waals surface area contributed by atoms with Crippen LogP contribution in [0.25, 0.3) is 0 Å². The molecule has 0 saturated carbocycles. The number of carbonyl (C=O) groups is 1. The smallest absolute Gasteiger partial charge is 0.245 e. The summed E-state index contributed by atoms with van der Waals surface area (Å²) in [6.45, 7) is 0.117. The van der Waals surface area contributed by atoms with Gasteiger partial charge in [-0.1, -0.05) is 30.3 Å². The summed E-state index contributed by atoms with van der Waals surface area (Å²) in [6, 6.07) is 9.10. The average Bonchev–Trinajstić information content (AvgIpc) is 2.97. The Bertz CT molecular complexity index is 500. The Kier molecular flexibility index (Phi) is 4.57. The third-order valence-electron chi connectivity index (χ3n) is 2.67. The molecular formula is C12H15N5O2. The van der Waals surface area contributed by atoms with Crippen molar-refractivity contribution >= 4 is 5.91 Å². The molecule has 1 amide bonds. The first-order valence-electron chi connectivity index (χ1n) is 5.96. The molecule has 1 heterocycles. The molecular weight excluding hydrogens is 246 g/mol. The van der Waals surface area contributed by atoms with Crippen LogP contribution in [0.5, 0.6) is 0 Å². The van der Waals surface area contributed by atoms with Gasteiger partial charge in [0.15, 0.2) is 0 Å². The molecule has 0 fully saturated rings. The van der Waals surface area contributed by atoms with E-state index in [0.29, 0.717) is 6.42 Å². The molecule has 100 valence electrons. The van der Waals surface area contributed by atoms with Crippen molar-refractivity contribution < 1.29 is 9.90 Å². The number of tetrazole rings is 1. The number of aromatic nitrogens is 4. The number of carbonyl (C=O) groups excluding carboxylic acids is 1. The van der Waals surface area contributed by atoms with Crippen molar-refractivity contribution in [2.45, 2.75) is 12.5 Å². The first-order chi connectivity index (χ1) is 9.31. The monoisotopic (exact) mass is 261 g/mol. The second-order valence-corrected chi connectivity index (χ2v) is 4.01. The van der Waals surface area contributed by atoms with Crippen molar-refractivity contribution in [2.24, 2.45) is 0 Å². The zero-order valence-electron chi connectivity index (χ0n) is 10.3. The van der Waals surface area contributed by atoms with E-state index < -0.39 is 6.04 Å². The van der Waals surface area contributed by atoms with Crippen molar-refractivity contribution in [1.82, 2.24) is 25.5 Å². The van der Waals surface area contributed by atoms with Crippen molar-refractivity contribution in [3.8, 4) is 0 Å². The van der Waals surface area contributed by atoms with E-state index >= 15 is 0 Å². The van der Waals surface area contributed by atoms with E-state index in [1.807, 2.05) is 30.3 Å². The minimum absolute atomic E-state index is 0.0978. The number of rotatable bonds is 6. The zero-order chi connectivity index (χ0) is 13.5. The molecule has 0 saturated heterocycles. The van der Waals surface area contributed by atoms with E-state index in [1.165, 1.54) is 11.0 Å². The van der Waals surface area contributed by atoms with Gasteiger partial charge in [0.2, 0.25) is 5.91 Å². The zero-order valence-corrected chi connectivity index (χ0v) is 10.3. The van der Waals surface area contributed by atoms with Gasteiger partial charge in [0.05, 0.1) is 6.61 Å². The molecule has 0 aliphatic rings. The van der Waals surface area contributed by atoms with Crippen molar-refractivity contribution in [2.75, 3.05) is 13.2 Å². The van der Waals surface area contributed by atoms with Gasteiger partial charge in [0.25, 0.3) is 0 Å². The molecule has 2 N–H and O–H groups in total.